The maximum Gasteiger partial charge on any atom is 0.296 e. The topological polar surface area (TPSA) is 316 Å². The highest BCUT2D eigenvalue weighted by Crippen LogP contribution is 2.42. The molecule has 9 rings (SSSR count). The van der Waals surface area contributed by atoms with Crippen LogP contribution >= 0.6 is 11.6 Å². The van der Waals surface area contributed by atoms with Crippen LogP contribution in [0.25, 0.3) is 0 Å². The van der Waals surface area contributed by atoms with Gasteiger partial charge in [0.1, 0.15) is 9.79 Å². The van der Waals surface area contributed by atoms with Gasteiger partial charge < -0.3 is 32.7 Å². The summed E-state index contributed by atoms with van der Waals surface area (Å²) in [7, 11) is -9.73. The molecule has 4 aliphatic rings. The van der Waals surface area contributed by atoms with Crippen molar-refractivity contribution in [3.8, 4) is 0 Å². The van der Waals surface area contributed by atoms with E-state index < -0.39 is 64.5 Å². The summed E-state index contributed by atoms with van der Waals surface area (Å²) in [5.74, 6) is -1.79. The molecule has 0 radical (unpaired) electrons. The highest BCUT2D eigenvalue weighted by atomic mass is 35.5. The van der Waals surface area contributed by atoms with E-state index in [1.165, 1.54) is 24.3 Å². The summed E-state index contributed by atoms with van der Waals surface area (Å²) in [5, 5.41) is 13.1. The van der Waals surface area contributed by atoms with E-state index in [-0.39, 0.29) is 97.2 Å². The van der Waals surface area contributed by atoms with Gasteiger partial charge in [-0.25, -0.2) is 0 Å². The Morgan fingerprint density at radius 1 is 0.492 bits per heavy atom. The summed E-state index contributed by atoms with van der Waals surface area (Å²) >= 11 is 6.34. The number of nitrogens with one attached hydrogen (secondary N) is 4. The molecule has 336 valence electrons. The number of anilines is 6. The van der Waals surface area contributed by atoms with E-state index in [2.05, 4.69) is 36.2 Å². The Labute approximate surface area is 376 Å². The van der Waals surface area contributed by atoms with Crippen molar-refractivity contribution < 1.29 is 45.1 Å². The van der Waals surface area contributed by atoms with Gasteiger partial charge in [-0.1, -0.05) is 48.5 Å². The number of nitrogens with two attached hydrogens (primary N) is 2. The zero-order valence-electron chi connectivity index (χ0n) is 34.1. The SMILES string of the molecule is Nc1c(S(=O)(=O)O)cc(NC2CCC(Nc3nc(Cl)nc(NC4CCC(Nc5cc(S(=O)(=O)O)c(N)c6c5C(=O)c5ccccc5C6=O)CC4)n3)CC2)c2c1C(=O)c1ccccc1C2=O. The molecule has 19 nitrogen and oxygen atoms in total. The second-order valence-corrected chi connectivity index (χ2v) is 19.6. The Morgan fingerprint density at radius 2 is 0.785 bits per heavy atom. The summed E-state index contributed by atoms with van der Waals surface area (Å²) in [5.41, 5.74) is 11.2. The number of carbonyl (C=O) groups is 4. The van der Waals surface area contributed by atoms with Crippen LogP contribution in [0.2, 0.25) is 5.28 Å². The number of benzene rings is 4. The number of ketones is 4. The zero-order valence-corrected chi connectivity index (χ0v) is 36.5. The van der Waals surface area contributed by atoms with Crippen molar-refractivity contribution in [2.75, 3.05) is 32.7 Å². The molecule has 0 bridgehead atoms. The van der Waals surface area contributed by atoms with Gasteiger partial charge in [-0.05, 0) is 75.1 Å². The first kappa shape index (κ1) is 43.7. The molecule has 2 saturated carbocycles. The molecule has 4 aliphatic carbocycles. The van der Waals surface area contributed by atoms with Crippen LogP contribution in [0.3, 0.4) is 0 Å². The van der Waals surface area contributed by atoms with E-state index in [9.17, 15) is 45.1 Å². The number of carbonyl (C=O) groups excluding carboxylic acids is 4. The molecular formula is C43H40ClN9O10S2. The highest BCUT2D eigenvalue weighted by Gasteiger charge is 2.39. The van der Waals surface area contributed by atoms with Gasteiger partial charge >= 0.3 is 0 Å². The fourth-order valence-corrected chi connectivity index (χ4v) is 10.7. The van der Waals surface area contributed by atoms with Gasteiger partial charge in [0.05, 0.1) is 33.6 Å². The van der Waals surface area contributed by atoms with Crippen LogP contribution in [0.4, 0.5) is 34.6 Å². The van der Waals surface area contributed by atoms with E-state index in [0.29, 0.717) is 51.4 Å². The van der Waals surface area contributed by atoms with Gasteiger partial charge in [0.15, 0.2) is 23.1 Å². The summed E-state index contributed by atoms with van der Waals surface area (Å²) in [6, 6.07) is 13.8. The van der Waals surface area contributed by atoms with Gasteiger partial charge in [-0.15, -0.1) is 0 Å². The number of hydrogen-bond donors (Lipinski definition) is 8. The third-order valence-electron chi connectivity index (χ3n) is 12.4. The number of aromatic nitrogens is 3. The summed E-state index contributed by atoms with van der Waals surface area (Å²) in [4.78, 5) is 66.3. The molecule has 10 N–H and O–H groups in total. The van der Waals surface area contributed by atoms with Crippen molar-refractivity contribution in [2.45, 2.75) is 85.3 Å². The fourth-order valence-electron chi connectivity index (χ4n) is 9.29. The van der Waals surface area contributed by atoms with Gasteiger partial charge in [-0.3, -0.25) is 28.3 Å². The molecule has 2 fully saturated rings. The molecule has 0 atom stereocenters. The average Bonchev–Trinajstić information content (AvgIpc) is 3.26. The van der Waals surface area contributed by atoms with Crippen LogP contribution in [0, 0.1) is 0 Å². The van der Waals surface area contributed by atoms with Crippen LogP contribution in [0.15, 0.2) is 70.5 Å². The van der Waals surface area contributed by atoms with E-state index in [1.54, 1.807) is 24.3 Å². The maximum atomic E-state index is 13.7. The molecule has 0 amide bonds. The molecule has 0 unspecified atom stereocenters. The first-order valence-electron chi connectivity index (χ1n) is 20.6. The summed E-state index contributed by atoms with van der Waals surface area (Å²) in [6.07, 6.45) is 4.56. The van der Waals surface area contributed by atoms with Crippen LogP contribution < -0.4 is 32.7 Å². The van der Waals surface area contributed by atoms with Crippen molar-refractivity contribution in [1.29, 1.82) is 0 Å². The fraction of sp³-hybridized carbons (Fsp3) is 0.279. The number of rotatable bonds is 10. The van der Waals surface area contributed by atoms with Crippen molar-refractivity contribution >= 4 is 89.6 Å². The number of halogens is 1. The standard InChI is InChI=1S/C43H40ClN9O10S2/c44-41-51-42(49-21-13-9-19(10-14-21)47-27-17-29(64(58,59)60)35(45)33-31(27)37(54)23-5-1-3-7-25(23)39(33)56)53-43(52-41)50-22-15-11-20(12-16-22)48-28-18-30(65(61,62)63)36(46)34-32(28)38(55)24-6-2-4-8-26(24)40(34)57/h1-8,17-22,47-48H,9-16,45-46H2,(H,58,59,60)(H,61,62,63)(H2,49,50,51,52,53). The van der Waals surface area contributed by atoms with E-state index in [0.717, 1.165) is 12.1 Å². The lowest BCUT2D eigenvalue weighted by molar-refractivity contribution is 0.0980. The third-order valence-corrected chi connectivity index (χ3v) is 14.4. The Kier molecular flexibility index (Phi) is 11.1. The summed E-state index contributed by atoms with van der Waals surface area (Å²) < 4.78 is 69.5. The van der Waals surface area contributed by atoms with Crippen LogP contribution in [0.1, 0.15) is 115 Å². The molecule has 22 heteroatoms. The predicted molar refractivity (Wildman–Crippen MR) is 239 cm³/mol. The molecule has 0 saturated heterocycles. The Morgan fingerprint density at radius 3 is 1.09 bits per heavy atom. The van der Waals surface area contributed by atoms with Crippen molar-refractivity contribution in [3.63, 3.8) is 0 Å². The minimum Gasteiger partial charge on any atom is -0.397 e. The number of hydrogen-bond acceptors (Lipinski definition) is 17. The van der Waals surface area contributed by atoms with Gasteiger partial charge in [0, 0.05) is 57.8 Å². The molecule has 0 aliphatic heterocycles. The molecule has 1 aromatic heterocycles. The first-order chi connectivity index (χ1) is 30.9. The number of nitrogens with zero attached hydrogens (tertiary/aromatic N) is 3. The van der Waals surface area contributed by atoms with E-state index >= 15 is 0 Å². The van der Waals surface area contributed by atoms with E-state index in [1.807, 2.05) is 0 Å². The normalized spacial score (nSPS) is 20.5. The van der Waals surface area contributed by atoms with Crippen LogP contribution in [0.5, 0.6) is 0 Å². The lowest BCUT2D eigenvalue weighted by atomic mass is 9.82. The highest BCUT2D eigenvalue weighted by molar-refractivity contribution is 7.86. The minimum atomic E-state index is -4.87. The van der Waals surface area contributed by atoms with Crippen molar-refractivity contribution in [1.82, 2.24) is 15.0 Å². The number of nitrogen functional groups attached to an aromatic ring is 2. The largest absolute Gasteiger partial charge is 0.397 e. The second-order valence-electron chi connectivity index (χ2n) is 16.5. The molecule has 5 aromatic rings. The Bertz CT molecular complexity index is 2910. The van der Waals surface area contributed by atoms with Gasteiger partial charge in [0.2, 0.25) is 17.2 Å². The average molecular weight is 942 g/mol. The second kappa shape index (κ2) is 16.5. The molecular weight excluding hydrogens is 902 g/mol. The third kappa shape index (κ3) is 8.13. The quantitative estimate of drug-likeness (QED) is 0.0628. The molecule has 0 spiro atoms. The van der Waals surface area contributed by atoms with E-state index in [4.69, 9.17) is 23.1 Å². The summed E-state index contributed by atoms with van der Waals surface area (Å²) in [6.45, 7) is 0. The Balaban J connectivity index is 0.843. The lowest BCUT2D eigenvalue weighted by Gasteiger charge is -2.32. The zero-order chi connectivity index (χ0) is 46.1. The van der Waals surface area contributed by atoms with Crippen molar-refractivity contribution in [2.24, 2.45) is 0 Å². The minimum absolute atomic E-state index is 0.0530. The van der Waals surface area contributed by atoms with Crippen LogP contribution in [-0.4, -0.2) is 88.2 Å². The lowest BCUT2D eigenvalue weighted by Crippen LogP contribution is -2.35. The van der Waals surface area contributed by atoms with Gasteiger partial charge in [-0.2, -0.15) is 31.8 Å². The monoisotopic (exact) mass is 941 g/mol. The number of fused-ring (bicyclic) bond motifs is 4. The molecule has 1 heterocycles. The Hall–Kier alpha value is -6.52. The molecule has 4 aromatic carbocycles. The first-order valence-corrected chi connectivity index (χ1v) is 23.9. The van der Waals surface area contributed by atoms with Crippen LogP contribution in [-0.2, 0) is 20.2 Å². The smallest absolute Gasteiger partial charge is 0.296 e. The van der Waals surface area contributed by atoms with Crippen molar-refractivity contribution in [3.05, 3.63) is 110 Å². The maximum absolute atomic E-state index is 13.7. The predicted octanol–water partition coefficient (Wildman–Crippen LogP) is 5.40. The van der Waals surface area contributed by atoms with Gasteiger partial charge in [0.25, 0.3) is 20.2 Å². The molecule has 65 heavy (non-hydrogen) atoms.